The van der Waals surface area contributed by atoms with Gasteiger partial charge in [0.2, 0.25) is 5.41 Å². The lowest BCUT2D eigenvalue weighted by atomic mass is 9.90. The molecule has 0 N–H and O–H groups in total. The summed E-state index contributed by atoms with van der Waals surface area (Å²) in [6.45, 7) is 1.42. The Morgan fingerprint density at radius 2 is 1.14 bits per heavy atom. The topological polar surface area (TPSA) is 0 Å². The van der Waals surface area contributed by atoms with E-state index in [-0.39, 0.29) is 0 Å². The van der Waals surface area contributed by atoms with Crippen LogP contribution in [-0.4, -0.2) is 18.0 Å². The summed E-state index contributed by atoms with van der Waals surface area (Å²) < 4.78 is 86.6. The normalized spacial score (nSPS) is 27.9. The minimum Gasteiger partial charge on any atom is -0.199 e. The van der Waals surface area contributed by atoms with E-state index in [1.54, 1.807) is 0 Å². The first kappa shape index (κ1) is 11.6. The van der Waals surface area contributed by atoms with Crippen LogP contribution in [0.1, 0.15) is 13.8 Å². The average Bonchev–Trinajstić information content (AvgIpc) is 2.16. The van der Waals surface area contributed by atoms with Crippen molar-refractivity contribution in [3.8, 4) is 0 Å². The standard InChI is InChI=1S/C7H7F7/c1-3(2)4(7(12,13)14)5(8,9)6(4,10)11/h3H,1-2H3. The summed E-state index contributed by atoms with van der Waals surface area (Å²) in [5.74, 6) is -11.9. The van der Waals surface area contributed by atoms with Crippen LogP contribution in [0, 0.1) is 11.3 Å². The highest BCUT2D eigenvalue weighted by Gasteiger charge is 3.05. The lowest BCUT2D eigenvalue weighted by Gasteiger charge is -2.22. The fraction of sp³-hybridized carbons (Fsp3) is 1.00. The van der Waals surface area contributed by atoms with Gasteiger partial charge in [0.05, 0.1) is 0 Å². The second-order valence-corrected chi connectivity index (χ2v) is 3.61. The summed E-state index contributed by atoms with van der Waals surface area (Å²) in [7, 11) is 0. The molecule has 0 aliphatic heterocycles. The zero-order valence-corrected chi connectivity index (χ0v) is 7.22. The summed E-state index contributed by atoms with van der Waals surface area (Å²) in [4.78, 5) is 0. The highest BCUT2D eigenvalue weighted by Crippen LogP contribution is 2.80. The van der Waals surface area contributed by atoms with E-state index >= 15 is 0 Å². The Hall–Kier alpha value is -0.490. The van der Waals surface area contributed by atoms with Crippen molar-refractivity contribution in [3.05, 3.63) is 0 Å². The number of rotatable bonds is 1. The maximum absolute atomic E-state index is 12.5. The number of halogens is 7. The Kier molecular flexibility index (Phi) is 1.95. The van der Waals surface area contributed by atoms with Gasteiger partial charge in [0.15, 0.2) is 0 Å². The molecule has 0 aromatic rings. The average molecular weight is 224 g/mol. The molecule has 1 rings (SSSR count). The van der Waals surface area contributed by atoms with Gasteiger partial charge in [0.25, 0.3) is 0 Å². The van der Waals surface area contributed by atoms with E-state index in [2.05, 4.69) is 0 Å². The smallest absolute Gasteiger partial charge is 0.199 e. The molecule has 0 heterocycles. The summed E-state index contributed by atoms with van der Waals surface area (Å²) in [6, 6.07) is 0. The molecular weight excluding hydrogens is 217 g/mol. The molecule has 1 fully saturated rings. The van der Waals surface area contributed by atoms with E-state index in [0.717, 1.165) is 0 Å². The molecule has 7 heteroatoms. The molecule has 1 aliphatic carbocycles. The SMILES string of the molecule is CC(C)C1(C(F)(F)F)C(F)(F)C1(F)F. The number of hydrogen-bond acceptors (Lipinski definition) is 0. The highest BCUT2D eigenvalue weighted by atomic mass is 19.4. The molecule has 0 spiro atoms. The van der Waals surface area contributed by atoms with Gasteiger partial charge in [-0.3, -0.25) is 0 Å². The zero-order chi connectivity index (χ0) is 11.6. The van der Waals surface area contributed by atoms with Crippen molar-refractivity contribution >= 4 is 0 Å². The van der Waals surface area contributed by atoms with Gasteiger partial charge < -0.3 is 0 Å². The molecular formula is C7H7F7. The van der Waals surface area contributed by atoms with Crippen LogP contribution in [0.5, 0.6) is 0 Å². The van der Waals surface area contributed by atoms with Crippen LogP contribution >= 0.6 is 0 Å². The Bertz CT molecular complexity index is 235. The third-order valence-corrected chi connectivity index (χ3v) is 2.64. The monoisotopic (exact) mass is 224 g/mol. The first-order chi connectivity index (χ1) is 5.94. The molecule has 0 amide bonds. The van der Waals surface area contributed by atoms with E-state index in [1.807, 2.05) is 0 Å². The molecule has 1 aliphatic rings. The quantitative estimate of drug-likeness (QED) is 0.598. The minimum absolute atomic E-state index is 0.711. The van der Waals surface area contributed by atoms with Crippen molar-refractivity contribution in [2.45, 2.75) is 31.9 Å². The lowest BCUT2D eigenvalue weighted by molar-refractivity contribution is -0.236. The van der Waals surface area contributed by atoms with Crippen LogP contribution in [0.4, 0.5) is 30.7 Å². The molecule has 0 atom stereocenters. The van der Waals surface area contributed by atoms with Crippen molar-refractivity contribution in [1.82, 2.24) is 0 Å². The Balaban J connectivity index is 3.27. The summed E-state index contributed by atoms with van der Waals surface area (Å²) in [5, 5.41) is 0. The second-order valence-electron chi connectivity index (χ2n) is 3.61. The molecule has 0 saturated heterocycles. The zero-order valence-electron chi connectivity index (χ0n) is 7.22. The van der Waals surface area contributed by atoms with Crippen LogP contribution in [0.3, 0.4) is 0 Å². The van der Waals surface area contributed by atoms with Crippen molar-refractivity contribution in [2.75, 3.05) is 0 Å². The van der Waals surface area contributed by atoms with Crippen molar-refractivity contribution in [2.24, 2.45) is 11.3 Å². The van der Waals surface area contributed by atoms with E-state index in [4.69, 9.17) is 0 Å². The molecule has 0 radical (unpaired) electrons. The lowest BCUT2D eigenvalue weighted by Crippen LogP contribution is -2.37. The van der Waals surface area contributed by atoms with E-state index in [0.29, 0.717) is 13.8 Å². The summed E-state index contributed by atoms with van der Waals surface area (Å²) in [6.07, 6.45) is -5.60. The Labute approximate surface area is 75.1 Å². The van der Waals surface area contributed by atoms with Gasteiger partial charge in [-0.1, -0.05) is 13.8 Å². The first-order valence-electron chi connectivity index (χ1n) is 3.77. The maximum Gasteiger partial charge on any atom is 0.406 e. The largest absolute Gasteiger partial charge is 0.406 e. The van der Waals surface area contributed by atoms with Crippen molar-refractivity contribution in [1.29, 1.82) is 0 Å². The van der Waals surface area contributed by atoms with E-state index in [1.165, 1.54) is 0 Å². The van der Waals surface area contributed by atoms with E-state index in [9.17, 15) is 30.7 Å². The first-order valence-corrected chi connectivity index (χ1v) is 3.77. The number of hydrogen-bond donors (Lipinski definition) is 0. The fourth-order valence-corrected chi connectivity index (χ4v) is 1.85. The van der Waals surface area contributed by atoms with Crippen LogP contribution < -0.4 is 0 Å². The molecule has 0 nitrogen and oxygen atoms in total. The van der Waals surface area contributed by atoms with E-state index < -0.39 is 29.4 Å². The third-order valence-electron chi connectivity index (χ3n) is 2.64. The van der Waals surface area contributed by atoms with Gasteiger partial charge >= 0.3 is 18.0 Å². The van der Waals surface area contributed by atoms with Crippen molar-refractivity contribution < 1.29 is 30.7 Å². The number of alkyl halides is 7. The predicted octanol–water partition coefficient (Wildman–Crippen LogP) is 3.48. The fourth-order valence-electron chi connectivity index (χ4n) is 1.85. The molecule has 0 bridgehead atoms. The molecule has 14 heavy (non-hydrogen) atoms. The molecule has 0 aromatic heterocycles. The molecule has 0 unspecified atom stereocenters. The van der Waals surface area contributed by atoms with Gasteiger partial charge in [-0.25, -0.2) is 0 Å². The van der Waals surface area contributed by atoms with Gasteiger partial charge in [-0.15, -0.1) is 0 Å². The van der Waals surface area contributed by atoms with Gasteiger partial charge in [0.1, 0.15) is 0 Å². The molecule has 84 valence electrons. The molecule has 0 aromatic carbocycles. The van der Waals surface area contributed by atoms with Crippen molar-refractivity contribution in [3.63, 3.8) is 0 Å². The second kappa shape index (κ2) is 2.36. The maximum atomic E-state index is 12.5. The van der Waals surface area contributed by atoms with Gasteiger partial charge in [-0.05, 0) is 5.92 Å². The van der Waals surface area contributed by atoms with Crippen LogP contribution in [0.25, 0.3) is 0 Å². The Morgan fingerprint density at radius 1 is 0.857 bits per heavy atom. The highest BCUT2D eigenvalue weighted by molar-refractivity contribution is 5.30. The van der Waals surface area contributed by atoms with Crippen LogP contribution in [-0.2, 0) is 0 Å². The van der Waals surface area contributed by atoms with Crippen LogP contribution in [0.2, 0.25) is 0 Å². The molecule has 1 saturated carbocycles. The van der Waals surface area contributed by atoms with Gasteiger partial charge in [-0.2, -0.15) is 30.7 Å². The third kappa shape index (κ3) is 0.814. The Morgan fingerprint density at radius 3 is 1.14 bits per heavy atom. The predicted molar refractivity (Wildman–Crippen MR) is 33.2 cm³/mol. The summed E-state index contributed by atoms with van der Waals surface area (Å²) >= 11 is 0. The van der Waals surface area contributed by atoms with Gasteiger partial charge in [0, 0.05) is 0 Å². The van der Waals surface area contributed by atoms with Crippen LogP contribution in [0.15, 0.2) is 0 Å². The minimum atomic E-state index is -5.60. The summed E-state index contributed by atoms with van der Waals surface area (Å²) in [5.41, 5.74) is -4.19.